The van der Waals surface area contributed by atoms with E-state index in [2.05, 4.69) is 4.98 Å². The molecule has 0 radical (unpaired) electrons. The van der Waals surface area contributed by atoms with Crippen LogP contribution in [0.3, 0.4) is 0 Å². The zero-order chi connectivity index (χ0) is 26.8. The van der Waals surface area contributed by atoms with Crippen molar-refractivity contribution < 1.29 is 28.9 Å². The van der Waals surface area contributed by atoms with Gasteiger partial charge in [-0.05, 0) is 54.5 Å². The van der Waals surface area contributed by atoms with E-state index in [-0.39, 0.29) is 23.8 Å². The monoisotopic (exact) mass is 512 g/mol. The fourth-order valence-corrected chi connectivity index (χ4v) is 5.29. The second kappa shape index (κ2) is 13.9. The van der Waals surface area contributed by atoms with Gasteiger partial charge in [-0.25, -0.2) is 4.98 Å². The van der Waals surface area contributed by atoms with Gasteiger partial charge in [0.25, 0.3) is 0 Å². The molecule has 1 aliphatic rings. The van der Waals surface area contributed by atoms with E-state index in [1.165, 1.54) is 40.2 Å². The summed E-state index contributed by atoms with van der Waals surface area (Å²) in [6, 6.07) is 7.37. The van der Waals surface area contributed by atoms with E-state index in [0.717, 1.165) is 30.4 Å². The van der Waals surface area contributed by atoms with E-state index in [1.807, 2.05) is 12.1 Å². The molecule has 1 aliphatic carbocycles. The van der Waals surface area contributed by atoms with Crippen molar-refractivity contribution >= 4 is 17.8 Å². The number of phenolic OH excluding ortho intramolecular Hbond substituents is 1. The first-order chi connectivity index (χ1) is 17.7. The number of methoxy groups -OCH3 is 1. The second-order valence-electron chi connectivity index (χ2n) is 10.0. The molecule has 1 aromatic heterocycles. The van der Waals surface area contributed by atoms with Crippen molar-refractivity contribution in [3.05, 3.63) is 47.2 Å². The molecule has 1 saturated carbocycles. The lowest BCUT2D eigenvalue weighted by Gasteiger charge is -2.28. The Kier molecular flexibility index (Phi) is 10.6. The highest BCUT2D eigenvalue weighted by Crippen LogP contribution is 2.34. The Labute approximate surface area is 219 Å². The number of benzene rings is 1. The van der Waals surface area contributed by atoms with E-state index >= 15 is 0 Å². The first kappa shape index (κ1) is 28.3. The van der Waals surface area contributed by atoms with E-state index in [0.29, 0.717) is 48.7 Å². The third kappa shape index (κ3) is 9.26. The number of esters is 2. The minimum Gasteiger partial charge on any atom is -0.504 e. The van der Waals surface area contributed by atoms with E-state index < -0.39 is 6.10 Å². The van der Waals surface area contributed by atoms with Gasteiger partial charge in [-0.3, -0.25) is 9.59 Å². The van der Waals surface area contributed by atoms with Crippen molar-refractivity contribution in [2.24, 2.45) is 5.92 Å². The Morgan fingerprint density at radius 3 is 2.41 bits per heavy atom. The number of aromatic nitrogens is 1. The molecule has 0 aliphatic heterocycles. The maximum atomic E-state index is 11.9. The number of hydrogen-bond donors (Lipinski definition) is 2. The predicted octanol–water partition coefficient (Wildman–Crippen LogP) is 5.13. The summed E-state index contributed by atoms with van der Waals surface area (Å²) in [7, 11) is 1.52. The minimum atomic E-state index is -0.395. The standard InChI is InChI=1S/C29H40N2O6/c1-19(32)36-25(18-26(37-20(2)33)15-21-7-5-4-6-8-21)10-9-22-13-24(29(34)27(16-22)35-3)14-23-11-12-31-28(30)17-23/h11-13,16-17,21,25-26,34H,4-10,14-15,18H2,1-3H3,(H2,30,31)/t25-,26+/m1/s1. The second-order valence-corrected chi connectivity index (χ2v) is 10.0. The van der Waals surface area contributed by atoms with Gasteiger partial charge in [-0.1, -0.05) is 38.2 Å². The highest BCUT2D eigenvalue weighted by molar-refractivity contribution is 5.66. The van der Waals surface area contributed by atoms with Gasteiger partial charge in [0.1, 0.15) is 18.0 Å². The molecule has 8 heteroatoms. The molecular weight excluding hydrogens is 472 g/mol. The zero-order valence-corrected chi connectivity index (χ0v) is 22.2. The van der Waals surface area contributed by atoms with Crippen LogP contribution in [0.2, 0.25) is 0 Å². The van der Waals surface area contributed by atoms with Crippen LogP contribution < -0.4 is 10.5 Å². The Hall–Kier alpha value is -3.29. The van der Waals surface area contributed by atoms with Crippen molar-refractivity contribution in [3.63, 3.8) is 0 Å². The van der Waals surface area contributed by atoms with Gasteiger partial charge in [-0.15, -0.1) is 0 Å². The number of aryl methyl sites for hydroxylation is 1. The van der Waals surface area contributed by atoms with Gasteiger partial charge in [0.15, 0.2) is 11.5 Å². The van der Waals surface area contributed by atoms with Crippen molar-refractivity contribution in [1.29, 1.82) is 0 Å². The van der Waals surface area contributed by atoms with Crippen LogP contribution in [0.15, 0.2) is 30.5 Å². The first-order valence-corrected chi connectivity index (χ1v) is 13.2. The van der Waals surface area contributed by atoms with Crippen LogP contribution in [0.4, 0.5) is 5.82 Å². The van der Waals surface area contributed by atoms with Crippen molar-refractivity contribution in [2.75, 3.05) is 12.8 Å². The molecule has 1 fully saturated rings. The average molecular weight is 513 g/mol. The summed E-state index contributed by atoms with van der Waals surface area (Å²) in [5.74, 6) is 0.742. The molecule has 0 spiro atoms. The molecular formula is C29H40N2O6. The van der Waals surface area contributed by atoms with E-state index in [9.17, 15) is 14.7 Å². The third-order valence-corrected chi connectivity index (χ3v) is 6.94. The number of pyridine rings is 1. The topological polar surface area (TPSA) is 121 Å². The van der Waals surface area contributed by atoms with Gasteiger partial charge < -0.3 is 25.1 Å². The highest BCUT2D eigenvalue weighted by Gasteiger charge is 2.26. The van der Waals surface area contributed by atoms with Gasteiger partial charge in [0.2, 0.25) is 0 Å². The number of carbonyl (C=O) groups excluding carboxylic acids is 2. The Morgan fingerprint density at radius 2 is 1.76 bits per heavy atom. The molecule has 1 aromatic carbocycles. The number of aromatic hydroxyl groups is 1. The average Bonchev–Trinajstić information content (AvgIpc) is 2.84. The Balaban J connectivity index is 1.73. The summed E-state index contributed by atoms with van der Waals surface area (Å²) in [5, 5.41) is 10.7. The molecule has 37 heavy (non-hydrogen) atoms. The number of ether oxygens (including phenoxy) is 3. The van der Waals surface area contributed by atoms with Crippen LogP contribution in [0.1, 0.15) is 81.9 Å². The molecule has 2 atom stereocenters. The molecule has 0 bridgehead atoms. The number of phenols is 1. The lowest BCUT2D eigenvalue weighted by molar-refractivity contribution is -0.153. The largest absolute Gasteiger partial charge is 0.504 e. The SMILES string of the molecule is COc1cc(CC[C@H](C[C@H](CC2CCCCC2)OC(C)=O)OC(C)=O)cc(Cc2ccnc(N)c2)c1O. The maximum Gasteiger partial charge on any atom is 0.302 e. The van der Waals surface area contributed by atoms with Gasteiger partial charge in [0.05, 0.1) is 7.11 Å². The summed E-state index contributed by atoms with van der Waals surface area (Å²) < 4.78 is 16.7. The number of carbonyl (C=O) groups is 2. The van der Waals surface area contributed by atoms with Gasteiger partial charge >= 0.3 is 11.9 Å². The fraction of sp³-hybridized carbons (Fsp3) is 0.552. The lowest BCUT2D eigenvalue weighted by atomic mass is 9.84. The minimum absolute atomic E-state index is 0.0839. The molecule has 0 amide bonds. The summed E-state index contributed by atoms with van der Waals surface area (Å²) in [6.45, 7) is 2.83. The summed E-state index contributed by atoms with van der Waals surface area (Å²) in [4.78, 5) is 27.7. The smallest absolute Gasteiger partial charge is 0.302 e. The van der Waals surface area contributed by atoms with Crippen LogP contribution in [0.25, 0.3) is 0 Å². The lowest BCUT2D eigenvalue weighted by Crippen LogP contribution is -2.29. The van der Waals surface area contributed by atoms with Crippen LogP contribution >= 0.6 is 0 Å². The summed E-state index contributed by atoms with van der Waals surface area (Å²) >= 11 is 0. The normalized spacial score (nSPS) is 15.5. The number of hydrogen-bond acceptors (Lipinski definition) is 8. The van der Waals surface area contributed by atoms with Crippen molar-refractivity contribution in [2.45, 2.75) is 90.3 Å². The van der Waals surface area contributed by atoms with Crippen molar-refractivity contribution in [1.82, 2.24) is 4.98 Å². The number of nitrogens with two attached hydrogens (primary N) is 1. The van der Waals surface area contributed by atoms with Gasteiger partial charge in [0, 0.05) is 38.4 Å². The van der Waals surface area contributed by atoms with Crippen LogP contribution in [0, 0.1) is 5.92 Å². The quantitative estimate of drug-likeness (QED) is 0.376. The molecule has 1 heterocycles. The molecule has 3 N–H and O–H groups in total. The molecule has 3 rings (SSSR count). The number of nitrogen functional groups attached to an aromatic ring is 1. The van der Waals surface area contributed by atoms with E-state index in [4.69, 9.17) is 19.9 Å². The first-order valence-electron chi connectivity index (χ1n) is 13.2. The van der Waals surface area contributed by atoms with Crippen LogP contribution in [0.5, 0.6) is 11.5 Å². The fourth-order valence-electron chi connectivity index (χ4n) is 5.29. The van der Waals surface area contributed by atoms with Crippen LogP contribution in [-0.4, -0.2) is 41.3 Å². The van der Waals surface area contributed by atoms with Crippen molar-refractivity contribution in [3.8, 4) is 11.5 Å². The number of rotatable bonds is 12. The summed E-state index contributed by atoms with van der Waals surface area (Å²) in [5.41, 5.74) is 8.39. The van der Waals surface area contributed by atoms with Crippen LogP contribution in [-0.2, 0) is 31.9 Å². The van der Waals surface area contributed by atoms with Gasteiger partial charge in [-0.2, -0.15) is 0 Å². The highest BCUT2D eigenvalue weighted by atomic mass is 16.6. The zero-order valence-electron chi connectivity index (χ0n) is 22.2. The third-order valence-electron chi connectivity index (χ3n) is 6.94. The Morgan fingerprint density at radius 1 is 1.05 bits per heavy atom. The Bertz CT molecular complexity index is 1050. The summed E-state index contributed by atoms with van der Waals surface area (Å²) in [6.07, 6.45) is 9.81. The molecule has 8 nitrogen and oxygen atoms in total. The number of anilines is 1. The molecule has 0 saturated heterocycles. The maximum absolute atomic E-state index is 11.9. The number of nitrogens with zero attached hydrogens (tertiary/aromatic N) is 1. The molecule has 2 aromatic rings. The predicted molar refractivity (Wildman–Crippen MR) is 141 cm³/mol. The molecule has 202 valence electrons. The molecule has 0 unspecified atom stereocenters. The van der Waals surface area contributed by atoms with E-state index in [1.54, 1.807) is 18.3 Å².